The van der Waals surface area contributed by atoms with Crippen LogP contribution in [0.25, 0.3) is 0 Å². The third kappa shape index (κ3) is 4.46. The summed E-state index contributed by atoms with van der Waals surface area (Å²) in [6.07, 6.45) is 9.33. The number of hydrogen-bond donors (Lipinski definition) is 1. The zero-order chi connectivity index (χ0) is 20.5. The van der Waals surface area contributed by atoms with E-state index in [1.54, 1.807) is 6.92 Å². The van der Waals surface area contributed by atoms with Crippen LogP contribution in [-0.4, -0.2) is 24.0 Å². The largest absolute Gasteiger partial charge is 0.458 e. The third-order valence-electron chi connectivity index (χ3n) is 7.39. The van der Waals surface area contributed by atoms with E-state index in [1.807, 2.05) is 0 Å². The fraction of sp³-hybridized carbons (Fsp3) is 0.833. The first-order valence-electron chi connectivity index (χ1n) is 11.3. The fourth-order valence-electron chi connectivity index (χ4n) is 6.64. The second-order valence-electron chi connectivity index (χ2n) is 10.7. The summed E-state index contributed by atoms with van der Waals surface area (Å²) < 4.78 is 6.40. The van der Waals surface area contributed by atoms with Gasteiger partial charge >= 0.3 is 5.97 Å². The van der Waals surface area contributed by atoms with Gasteiger partial charge in [0.05, 0.1) is 0 Å². The first-order valence-corrected chi connectivity index (χ1v) is 11.3. The SMILES string of the molecule is C=C(C)C(=O)NCCCCC(=O)OC1(CC(C)C)C2CC3CC1CC(C)(C3)C2. The molecule has 0 heterocycles. The Balaban J connectivity index is 1.56. The second kappa shape index (κ2) is 8.20. The zero-order valence-corrected chi connectivity index (χ0v) is 18.3. The summed E-state index contributed by atoms with van der Waals surface area (Å²) in [5.74, 6) is 2.33. The van der Waals surface area contributed by atoms with Crippen LogP contribution in [0.1, 0.15) is 85.5 Å². The maximum Gasteiger partial charge on any atom is 0.306 e. The average Bonchev–Trinajstić information content (AvgIpc) is 2.57. The second-order valence-corrected chi connectivity index (χ2v) is 10.7. The molecular weight excluding hydrogens is 350 g/mol. The lowest BCUT2D eigenvalue weighted by atomic mass is 9.44. The van der Waals surface area contributed by atoms with Crippen molar-refractivity contribution in [2.24, 2.45) is 29.1 Å². The molecule has 0 spiro atoms. The van der Waals surface area contributed by atoms with E-state index in [2.05, 4.69) is 32.7 Å². The molecule has 0 aromatic heterocycles. The molecule has 4 aliphatic carbocycles. The number of carbonyl (C=O) groups is 2. The molecule has 4 heteroatoms. The van der Waals surface area contributed by atoms with Crippen molar-refractivity contribution < 1.29 is 14.3 Å². The van der Waals surface area contributed by atoms with E-state index < -0.39 is 0 Å². The van der Waals surface area contributed by atoms with E-state index >= 15 is 0 Å². The number of carbonyl (C=O) groups excluding carboxylic acids is 2. The predicted molar refractivity (Wildman–Crippen MR) is 112 cm³/mol. The number of hydrogen-bond acceptors (Lipinski definition) is 3. The Morgan fingerprint density at radius 2 is 1.79 bits per heavy atom. The van der Waals surface area contributed by atoms with Crippen molar-refractivity contribution in [1.29, 1.82) is 0 Å². The molecule has 0 aliphatic heterocycles. The normalized spacial score (nSPS) is 35.8. The smallest absolute Gasteiger partial charge is 0.306 e. The van der Waals surface area contributed by atoms with Crippen LogP contribution in [0.2, 0.25) is 0 Å². The van der Waals surface area contributed by atoms with E-state index in [-0.39, 0.29) is 17.5 Å². The summed E-state index contributed by atoms with van der Waals surface area (Å²) in [5, 5.41) is 2.83. The lowest BCUT2D eigenvalue weighted by Crippen LogP contribution is -2.62. The van der Waals surface area contributed by atoms with Crippen LogP contribution in [0.5, 0.6) is 0 Å². The summed E-state index contributed by atoms with van der Waals surface area (Å²) in [6.45, 7) is 12.9. The monoisotopic (exact) mass is 389 g/mol. The number of nitrogens with one attached hydrogen (secondary N) is 1. The molecule has 4 bridgehead atoms. The molecule has 4 fully saturated rings. The highest BCUT2D eigenvalue weighted by Crippen LogP contribution is 2.65. The summed E-state index contributed by atoms with van der Waals surface area (Å²) in [7, 11) is 0. The zero-order valence-electron chi connectivity index (χ0n) is 18.3. The lowest BCUT2D eigenvalue weighted by Gasteiger charge is -2.64. The van der Waals surface area contributed by atoms with Crippen molar-refractivity contribution in [1.82, 2.24) is 5.32 Å². The third-order valence-corrected chi connectivity index (χ3v) is 7.39. The average molecular weight is 390 g/mol. The molecule has 0 radical (unpaired) electrons. The van der Waals surface area contributed by atoms with Crippen molar-refractivity contribution in [2.45, 2.75) is 91.1 Å². The Hall–Kier alpha value is -1.32. The maximum absolute atomic E-state index is 12.8. The topological polar surface area (TPSA) is 55.4 Å². The molecule has 4 aliphatic rings. The van der Waals surface area contributed by atoms with Gasteiger partial charge in [-0.1, -0.05) is 27.4 Å². The predicted octanol–water partition coefficient (Wildman–Crippen LogP) is 5.02. The van der Waals surface area contributed by atoms with Gasteiger partial charge in [0.25, 0.3) is 0 Å². The number of unbranched alkanes of at least 4 members (excludes halogenated alkanes) is 1. The number of amides is 1. The Kier molecular flexibility index (Phi) is 6.26. The van der Waals surface area contributed by atoms with E-state index in [9.17, 15) is 9.59 Å². The summed E-state index contributed by atoms with van der Waals surface area (Å²) in [5.41, 5.74) is 0.770. The van der Waals surface area contributed by atoms with E-state index in [4.69, 9.17) is 4.74 Å². The quantitative estimate of drug-likeness (QED) is 0.342. The molecule has 0 saturated heterocycles. The van der Waals surface area contributed by atoms with E-state index in [0.29, 0.717) is 41.7 Å². The molecule has 4 rings (SSSR count). The molecule has 1 N–H and O–H groups in total. The minimum Gasteiger partial charge on any atom is -0.458 e. The van der Waals surface area contributed by atoms with Crippen LogP contribution >= 0.6 is 0 Å². The highest BCUT2D eigenvalue weighted by Gasteiger charge is 2.62. The van der Waals surface area contributed by atoms with Crippen molar-refractivity contribution in [3.63, 3.8) is 0 Å². The standard InChI is InChI=1S/C24H39NO3/c1-16(2)12-24(19-10-18-11-20(24)15-23(5,13-18)14-19)28-21(26)8-6-7-9-25-22(27)17(3)4/h16,18-20H,3,6-15H2,1-2,4-5H3,(H,25,27). The Morgan fingerprint density at radius 3 is 2.32 bits per heavy atom. The Labute approximate surface area is 170 Å². The molecule has 2 atom stereocenters. The van der Waals surface area contributed by atoms with Gasteiger partial charge < -0.3 is 10.1 Å². The van der Waals surface area contributed by atoms with Crippen LogP contribution in [-0.2, 0) is 14.3 Å². The summed E-state index contributed by atoms with van der Waals surface area (Å²) in [6, 6.07) is 0. The maximum atomic E-state index is 12.8. The molecule has 1 amide bonds. The van der Waals surface area contributed by atoms with Gasteiger partial charge in [0.2, 0.25) is 5.91 Å². The van der Waals surface area contributed by atoms with Gasteiger partial charge in [-0.2, -0.15) is 0 Å². The number of esters is 1. The van der Waals surface area contributed by atoms with Gasteiger partial charge in [0, 0.05) is 18.5 Å². The van der Waals surface area contributed by atoms with Crippen molar-refractivity contribution >= 4 is 11.9 Å². The number of ether oxygens (including phenoxy) is 1. The van der Waals surface area contributed by atoms with Crippen molar-refractivity contribution in [3.05, 3.63) is 12.2 Å². The molecule has 2 unspecified atom stereocenters. The van der Waals surface area contributed by atoms with E-state index in [1.165, 1.54) is 32.1 Å². The van der Waals surface area contributed by atoms with Crippen LogP contribution in [0.3, 0.4) is 0 Å². The summed E-state index contributed by atoms with van der Waals surface area (Å²) in [4.78, 5) is 24.3. The number of rotatable bonds is 9. The van der Waals surface area contributed by atoms with Crippen LogP contribution in [0.15, 0.2) is 12.2 Å². The summed E-state index contributed by atoms with van der Waals surface area (Å²) >= 11 is 0. The van der Waals surface area contributed by atoms with Gasteiger partial charge in [-0.25, -0.2) is 0 Å². The molecule has 0 aromatic rings. The Bertz CT molecular complexity index is 607. The van der Waals surface area contributed by atoms with Crippen LogP contribution < -0.4 is 5.32 Å². The van der Waals surface area contributed by atoms with Crippen LogP contribution in [0, 0.1) is 29.1 Å². The first kappa shape index (κ1) is 21.4. The molecule has 0 aromatic carbocycles. The molecular formula is C24H39NO3. The van der Waals surface area contributed by atoms with E-state index in [0.717, 1.165) is 25.2 Å². The molecule has 158 valence electrons. The van der Waals surface area contributed by atoms with Gasteiger partial charge in [-0.3, -0.25) is 9.59 Å². The molecule has 4 saturated carbocycles. The van der Waals surface area contributed by atoms with Gasteiger partial charge in [-0.15, -0.1) is 0 Å². The molecule has 4 nitrogen and oxygen atoms in total. The van der Waals surface area contributed by atoms with Crippen molar-refractivity contribution in [2.75, 3.05) is 6.54 Å². The Morgan fingerprint density at radius 1 is 1.14 bits per heavy atom. The van der Waals surface area contributed by atoms with Gasteiger partial charge in [0.15, 0.2) is 0 Å². The van der Waals surface area contributed by atoms with Crippen molar-refractivity contribution in [3.8, 4) is 0 Å². The minimum absolute atomic E-state index is 0.0375. The molecule has 28 heavy (non-hydrogen) atoms. The van der Waals surface area contributed by atoms with Crippen LogP contribution in [0.4, 0.5) is 0 Å². The lowest BCUT2D eigenvalue weighted by molar-refractivity contribution is -0.228. The minimum atomic E-state index is -0.226. The van der Waals surface area contributed by atoms with Gasteiger partial charge in [-0.05, 0) is 87.4 Å². The first-order chi connectivity index (χ1) is 13.1. The fourth-order valence-corrected chi connectivity index (χ4v) is 6.64. The van der Waals surface area contributed by atoms with Gasteiger partial charge in [0.1, 0.15) is 5.60 Å². The highest BCUT2D eigenvalue weighted by atomic mass is 16.6. The highest BCUT2D eigenvalue weighted by molar-refractivity contribution is 5.92.